The molecule has 2 aromatic rings. The fourth-order valence-electron chi connectivity index (χ4n) is 4.40. The van der Waals surface area contributed by atoms with Crippen LogP contribution in [0.15, 0.2) is 33.7 Å². The molecule has 1 aromatic heterocycles. The number of carbonyl (C=O) groups excluding carboxylic acids is 2. The lowest BCUT2D eigenvalue weighted by molar-refractivity contribution is -0.121. The Hall–Kier alpha value is -2.35. The average molecular weight is 429 g/mol. The van der Waals surface area contributed by atoms with Crippen molar-refractivity contribution in [1.29, 1.82) is 0 Å². The second-order valence-electron chi connectivity index (χ2n) is 8.05. The van der Waals surface area contributed by atoms with Crippen LogP contribution in [0, 0.1) is 0 Å². The fourth-order valence-corrected chi connectivity index (χ4v) is 5.40. The maximum Gasteiger partial charge on any atom is 0.227 e. The number of hydrogen-bond donors (Lipinski definition) is 1. The molecule has 1 N–H and O–H groups in total. The number of carbonyl (C=O) groups is 2. The monoisotopic (exact) mass is 428 g/mol. The number of nitrogens with one attached hydrogen (secondary N) is 1. The summed E-state index contributed by atoms with van der Waals surface area (Å²) in [5.41, 5.74) is 0.421. The van der Waals surface area contributed by atoms with Crippen LogP contribution in [0.2, 0.25) is 0 Å². The predicted octanol–water partition coefficient (Wildman–Crippen LogP) is 3.83. The minimum absolute atomic E-state index is 0.0635. The lowest BCUT2D eigenvalue weighted by Gasteiger charge is -2.30. The van der Waals surface area contributed by atoms with E-state index in [1.54, 1.807) is 11.8 Å². The summed E-state index contributed by atoms with van der Waals surface area (Å²) in [6.45, 7) is 2.24. The van der Waals surface area contributed by atoms with E-state index < -0.39 is 5.54 Å². The summed E-state index contributed by atoms with van der Waals surface area (Å²) in [5, 5.41) is 7.30. The highest BCUT2D eigenvalue weighted by atomic mass is 32.2. The zero-order valence-electron chi connectivity index (χ0n) is 17.4. The Morgan fingerprint density at radius 2 is 1.97 bits per heavy atom. The smallest absolute Gasteiger partial charge is 0.227 e. The van der Waals surface area contributed by atoms with Crippen LogP contribution in [0.1, 0.15) is 63.6 Å². The molecule has 160 valence electrons. The fraction of sp³-hybridized carbons (Fsp3) is 0.545. The number of aromatic nitrogens is 2. The number of thioether (sulfide) groups is 1. The molecule has 1 aromatic carbocycles. The van der Waals surface area contributed by atoms with E-state index in [2.05, 4.69) is 21.5 Å². The number of aryl methyl sites for hydroxylation is 1. The van der Waals surface area contributed by atoms with Crippen molar-refractivity contribution in [2.45, 2.75) is 68.7 Å². The third-order valence-electron chi connectivity index (χ3n) is 5.85. The van der Waals surface area contributed by atoms with Gasteiger partial charge in [-0.05, 0) is 25.0 Å². The van der Waals surface area contributed by atoms with E-state index in [0.29, 0.717) is 31.1 Å². The standard InChI is InChI=1S/C22H28N4O3S/c1-16(27)24-22(12-6-2-3-7-13-22)21-23-19(29-25-21)10-11-20(28)26-14-15-30-18-9-5-4-8-17(18)26/h4-5,8-9H,2-3,6-7,10-15H2,1H3,(H,24,27). The van der Waals surface area contributed by atoms with E-state index in [9.17, 15) is 9.59 Å². The van der Waals surface area contributed by atoms with Gasteiger partial charge in [0.25, 0.3) is 0 Å². The molecule has 0 saturated heterocycles. The summed E-state index contributed by atoms with van der Waals surface area (Å²) in [4.78, 5) is 32.3. The molecule has 0 atom stereocenters. The first-order valence-electron chi connectivity index (χ1n) is 10.7. The molecule has 4 rings (SSSR count). The van der Waals surface area contributed by atoms with Crippen LogP contribution in [0.25, 0.3) is 0 Å². The highest BCUT2D eigenvalue weighted by Gasteiger charge is 2.38. The van der Waals surface area contributed by atoms with E-state index in [-0.39, 0.29) is 11.8 Å². The number of anilines is 1. The van der Waals surface area contributed by atoms with Gasteiger partial charge in [-0.25, -0.2) is 0 Å². The molecule has 0 spiro atoms. The lowest BCUT2D eigenvalue weighted by Crippen LogP contribution is -2.45. The molecule has 0 bridgehead atoms. The Morgan fingerprint density at radius 3 is 2.73 bits per heavy atom. The van der Waals surface area contributed by atoms with E-state index in [1.165, 1.54) is 6.92 Å². The second-order valence-corrected chi connectivity index (χ2v) is 9.19. The molecule has 1 fully saturated rings. The molecule has 2 amide bonds. The summed E-state index contributed by atoms with van der Waals surface area (Å²) < 4.78 is 5.49. The van der Waals surface area contributed by atoms with Crippen LogP contribution in [0.4, 0.5) is 5.69 Å². The zero-order chi connectivity index (χ0) is 21.0. The van der Waals surface area contributed by atoms with Gasteiger partial charge in [0.2, 0.25) is 17.7 Å². The van der Waals surface area contributed by atoms with Gasteiger partial charge in [-0.15, -0.1) is 11.8 Å². The van der Waals surface area contributed by atoms with Crippen molar-refractivity contribution in [3.63, 3.8) is 0 Å². The molecular weight excluding hydrogens is 400 g/mol. The number of hydrogen-bond acceptors (Lipinski definition) is 6. The SMILES string of the molecule is CC(=O)NC1(c2noc(CCC(=O)N3CCSc4ccccc43)n2)CCCCCC1. The topological polar surface area (TPSA) is 88.3 Å². The maximum absolute atomic E-state index is 12.9. The first-order chi connectivity index (χ1) is 14.6. The normalized spacial score (nSPS) is 18.4. The predicted molar refractivity (Wildman–Crippen MR) is 115 cm³/mol. The second kappa shape index (κ2) is 9.20. The minimum Gasteiger partial charge on any atom is -0.343 e. The Morgan fingerprint density at radius 1 is 1.20 bits per heavy atom. The number of fused-ring (bicyclic) bond motifs is 1. The molecule has 0 unspecified atom stereocenters. The molecule has 2 heterocycles. The number of para-hydroxylation sites is 1. The van der Waals surface area contributed by atoms with Gasteiger partial charge in [0.15, 0.2) is 5.82 Å². The van der Waals surface area contributed by atoms with Crippen molar-refractivity contribution in [3.05, 3.63) is 36.0 Å². The molecule has 1 aliphatic carbocycles. The minimum atomic E-state index is -0.558. The first-order valence-corrected chi connectivity index (χ1v) is 11.7. The molecule has 7 nitrogen and oxygen atoms in total. The van der Waals surface area contributed by atoms with E-state index in [1.807, 2.05) is 23.1 Å². The van der Waals surface area contributed by atoms with Crippen LogP contribution in [0.5, 0.6) is 0 Å². The number of rotatable bonds is 5. The molecule has 1 aliphatic heterocycles. The van der Waals surface area contributed by atoms with Gasteiger partial charge >= 0.3 is 0 Å². The van der Waals surface area contributed by atoms with Gasteiger partial charge in [-0.2, -0.15) is 4.98 Å². The largest absolute Gasteiger partial charge is 0.343 e. The first kappa shape index (κ1) is 20.9. The van der Waals surface area contributed by atoms with Gasteiger partial charge in [0, 0.05) is 37.0 Å². The van der Waals surface area contributed by atoms with E-state index >= 15 is 0 Å². The van der Waals surface area contributed by atoms with Crippen LogP contribution in [-0.4, -0.2) is 34.3 Å². The van der Waals surface area contributed by atoms with Gasteiger partial charge in [-0.3, -0.25) is 9.59 Å². The van der Waals surface area contributed by atoms with Crippen molar-refractivity contribution < 1.29 is 14.1 Å². The number of amides is 2. The zero-order valence-corrected chi connectivity index (χ0v) is 18.2. The third kappa shape index (κ3) is 4.53. The summed E-state index contributed by atoms with van der Waals surface area (Å²) in [5.74, 6) is 1.87. The number of benzene rings is 1. The third-order valence-corrected chi connectivity index (χ3v) is 6.89. The van der Waals surface area contributed by atoms with Crippen molar-refractivity contribution in [2.24, 2.45) is 0 Å². The van der Waals surface area contributed by atoms with Crippen LogP contribution in [0.3, 0.4) is 0 Å². The molecular formula is C22H28N4O3S. The average Bonchev–Trinajstić information content (AvgIpc) is 3.11. The van der Waals surface area contributed by atoms with Gasteiger partial charge < -0.3 is 14.7 Å². The molecule has 30 heavy (non-hydrogen) atoms. The summed E-state index contributed by atoms with van der Waals surface area (Å²) >= 11 is 1.78. The van der Waals surface area contributed by atoms with Gasteiger partial charge in [-0.1, -0.05) is 43.0 Å². The molecule has 1 saturated carbocycles. The highest BCUT2D eigenvalue weighted by Crippen LogP contribution is 2.36. The molecule has 2 aliphatic rings. The lowest BCUT2D eigenvalue weighted by atomic mass is 9.89. The number of nitrogens with zero attached hydrogens (tertiary/aromatic N) is 3. The van der Waals surface area contributed by atoms with Gasteiger partial charge in [0.05, 0.1) is 5.69 Å². The summed E-state index contributed by atoms with van der Waals surface area (Å²) in [7, 11) is 0. The van der Waals surface area contributed by atoms with E-state index in [0.717, 1.165) is 54.9 Å². The van der Waals surface area contributed by atoms with Crippen molar-refractivity contribution in [3.8, 4) is 0 Å². The molecule has 0 radical (unpaired) electrons. The highest BCUT2D eigenvalue weighted by molar-refractivity contribution is 7.99. The maximum atomic E-state index is 12.9. The van der Waals surface area contributed by atoms with Crippen LogP contribution < -0.4 is 10.2 Å². The molecule has 8 heteroatoms. The van der Waals surface area contributed by atoms with E-state index in [4.69, 9.17) is 4.52 Å². The van der Waals surface area contributed by atoms with Crippen molar-refractivity contribution >= 4 is 29.3 Å². The Bertz CT molecular complexity index is 905. The quantitative estimate of drug-likeness (QED) is 0.728. The van der Waals surface area contributed by atoms with Crippen molar-refractivity contribution in [2.75, 3.05) is 17.2 Å². The Kier molecular flexibility index (Phi) is 6.41. The van der Waals surface area contributed by atoms with Crippen LogP contribution >= 0.6 is 11.8 Å². The Balaban J connectivity index is 1.44. The summed E-state index contributed by atoms with van der Waals surface area (Å²) in [6, 6.07) is 8.01. The Labute approximate surface area is 181 Å². The van der Waals surface area contributed by atoms with Crippen LogP contribution in [-0.2, 0) is 21.5 Å². The van der Waals surface area contributed by atoms with Crippen molar-refractivity contribution in [1.82, 2.24) is 15.5 Å². The summed E-state index contributed by atoms with van der Waals surface area (Å²) in [6.07, 6.45) is 6.68. The van der Waals surface area contributed by atoms with Gasteiger partial charge in [0.1, 0.15) is 5.54 Å².